The summed E-state index contributed by atoms with van der Waals surface area (Å²) in [5.74, 6) is 0.550. The summed E-state index contributed by atoms with van der Waals surface area (Å²) in [4.78, 5) is 2.32. The van der Waals surface area contributed by atoms with Crippen LogP contribution in [0.4, 0.5) is 0 Å². The molecule has 1 atom stereocenters. The lowest BCUT2D eigenvalue weighted by Gasteiger charge is -2.13. The zero-order valence-electron chi connectivity index (χ0n) is 9.41. The van der Waals surface area contributed by atoms with Gasteiger partial charge < -0.3 is 4.90 Å². The molecule has 0 saturated carbocycles. The number of rotatable bonds is 2. The minimum absolute atomic E-state index is 0.435. The largest absolute Gasteiger partial charge is 0.306 e. The van der Waals surface area contributed by atoms with Crippen LogP contribution in [0.5, 0.6) is 0 Å². The maximum Gasteiger partial charge on any atom is 0.0669 e. The van der Waals surface area contributed by atoms with E-state index in [1.54, 1.807) is 0 Å². The topological polar surface area (TPSA) is 27.0 Å². The first kappa shape index (κ1) is 11.4. The van der Waals surface area contributed by atoms with Gasteiger partial charge in [0.2, 0.25) is 0 Å². The highest BCUT2D eigenvalue weighted by atomic mass is 35.5. The molecule has 1 unspecified atom stereocenters. The number of nitrogens with zero attached hydrogens (tertiary/aromatic N) is 2. The van der Waals surface area contributed by atoms with E-state index in [9.17, 15) is 0 Å². The Balaban J connectivity index is 2.20. The van der Waals surface area contributed by atoms with E-state index in [2.05, 4.69) is 24.1 Å². The molecule has 1 aliphatic rings. The molecular weight excluding hydrogens is 220 g/mol. The van der Waals surface area contributed by atoms with Crippen LogP contribution in [0, 0.1) is 11.3 Å². The third kappa shape index (κ3) is 2.37. The van der Waals surface area contributed by atoms with Gasteiger partial charge in [-0.1, -0.05) is 23.7 Å². The maximum absolute atomic E-state index is 8.63. The van der Waals surface area contributed by atoms with E-state index in [0.29, 0.717) is 12.3 Å². The second-order valence-corrected chi connectivity index (χ2v) is 4.85. The van der Waals surface area contributed by atoms with Crippen molar-refractivity contribution in [2.45, 2.75) is 18.8 Å². The van der Waals surface area contributed by atoms with E-state index < -0.39 is 0 Å². The SMILES string of the molecule is CN1CCC(c2ccc(CC#N)cc2Cl)C1. The first-order valence-electron chi connectivity index (χ1n) is 5.54. The molecule has 1 aromatic rings. The molecule has 0 N–H and O–H groups in total. The van der Waals surface area contributed by atoms with Gasteiger partial charge in [0, 0.05) is 11.6 Å². The van der Waals surface area contributed by atoms with Crippen LogP contribution in [0.25, 0.3) is 0 Å². The van der Waals surface area contributed by atoms with Crippen molar-refractivity contribution in [3.05, 3.63) is 34.3 Å². The lowest BCUT2D eigenvalue weighted by molar-refractivity contribution is 0.411. The average molecular weight is 235 g/mol. The fraction of sp³-hybridized carbons (Fsp3) is 0.462. The molecule has 1 saturated heterocycles. The van der Waals surface area contributed by atoms with Crippen molar-refractivity contribution < 1.29 is 0 Å². The van der Waals surface area contributed by atoms with Crippen LogP contribution in [0.1, 0.15) is 23.5 Å². The summed E-state index contributed by atoms with van der Waals surface area (Å²) in [6.45, 7) is 2.22. The smallest absolute Gasteiger partial charge is 0.0669 e. The molecule has 1 fully saturated rings. The molecule has 0 aromatic heterocycles. The number of hydrogen-bond acceptors (Lipinski definition) is 2. The average Bonchev–Trinajstić information content (AvgIpc) is 2.65. The van der Waals surface area contributed by atoms with Gasteiger partial charge in [-0.3, -0.25) is 0 Å². The van der Waals surface area contributed by atoms with Crippen molar-refractivity contribution in [2.75, 3.05) is 20.1 Å². The molecule has 0 radical (unpaired) electrons. The Kier molecular flexibility index (Phi) is 3.48. The number of likely N-dealkylation sites (N-methyl/N-ethyl adjacent to an activating group) is 1. The van der Waals surface area contributed by atoms with Crippen LogP contribution in [-0.2, 0) is 6.42 Å². The molecule has 1 heterocycles. The van der Waals surface area contributed by atoms with Crippen molar-refractivity contribution in [3.63, 3.8) is 0 Å². The van der Waals surface area contributed by atoms with Gasteiger partial charge in [0.25, 0.3) is 0 Å². The highest BCUT2D eigenvalue weighted by Gasteiger charge is 2.22. The minimum atomic E-state index is 0.435. The number of likely N-dealkylation sites (tertiary alicyclic amines) is 1. The summed E-state index contributed by atoms with van der Waals surface area (Å²) in [5.41, 5.74) is 2.23. The fourth-order valence-electron chi connectivity index (χ4n) is 2.29. The summed E-state index contributed by atoms with van der Waals surface area (Å²) in [5, 5.41) is 9.44. The molecule has 1 aliphatic heterocycles. The number of benzene rings is 1. The lowest BCUT2D eigenvalue weighted by atomic mass is 9.97. The minimum Gasteiger partial charge on any atom is -0.306 e. The second-order valence-electron chi connectivity index (χ2n) is 4.44. The Labute approximate surface area is 101 Å². The summed E-state index contributed by atoms with van der Waals surface area (Å²) in [7, 11) is 2.14. The van der Waals surface area contributed by atoms with Gasteiger partial charge in [0.1, 0.15) is 0 Å². The summed E-state index contributed by atoms with van der Waals surface area (Å²) in [6, 6.07) is 8.17. The zero-order chi connectivity index (χ0) is 11.5. The molecule has 0 amide bonds. The third-order valence-corrected chi connectivity index (χ3v) is 3.51. The predicted molar refractivity (Wildman–Crippen MR) is 65.6 cm³/mol. The van der Waals surface area contributed by atoms with Crippen LogP contribution in [0.15, 0.2) is 18.2 Å². The third-order valence-electron chi connectivity index (χ3n) is 3.18. The Morgan fingerprint density at radius 1 is 1.56 bits per heavy atom. The molecule has 0 bridgehead atoms. The molecule has 2 nitrogen and oxygen atoms in total. The van der Waals surface area contributed by atoms with Gasteiger partial charge in [-0.25, -0.2) is 0 Å². The van der Waals surface area contributed by atoms with E-state index in [0.717, 1.165) is 23.7 Å². The Morgan fingerprint density at radius 2 is 2.38 bits per heavy atom. The first-order valence-corrected chi connectivity index (χ1v) is 5.92. The fourth-order valence-corrected chi connectivity index (χ4v) is 2.65. The molecule has 16 heavy (non-hydrogen) atoms. The monoisotopic (exact) mass is 234 g/mol. The van der Waals surface area contributed by atoms with Gasteiger partial charge in [-0.05, 0) is 43.1 Å². The van der Waals surface area contributed by atoms with Gasteiger partial charge in [0.15, 0.2) is 0 Å². The zero-order valence-corrected chi connectivity index (χ0v) is 10.2. The van der Waals surface area contributed by atoms with Crippen LogP contribution in [0.3, 0.4) is 0 Å². The van der Waals surface area contributed by atoms with Crippen molar-refractivity contribution in [2.24, 2.45) is 0 Å². The molecule has 0 spiro atoms. The van der Waals surface area contributed by atoms with Crippen LogP contribution < -0.4 is 0 Å². The molecule has 84 valence electrons. The summed E-state index contributed by atoms with van der Waals surface area (Å²) >= 11 is 6.26. The number of halogens is 1. The van der Waals surface area contributed by atoms with E-state index in [1.807, 2.05) is 12.1 Å². The summed E-state index contributed by atoms with van der Waals surface area (Å²) < 4.78 is 0. The Bertz CT molecular complexity index is 422. The number of nitriles is 1. The van der Waals surface area contributed by atoms with Crippen molar-refractivity contribution in [3.8, 4) is 6.07 Å². The standard InChI is InChI=1S/C13H15ClN2/c1-16-7-5-11(9-16)12-3-2-10(4-6-15)8-13(12)14/h2-3,8,11H,4-5,7,9H2,1H3. The van der Waals surface area contributed by atoms with Gasteiger partial charge in [-0.2, -0.15) is 5.26 Å². The summed E-state index contributed by atoms with van der Waals surface area (Å²) in [6.07, 6.45) is 1.61. The van der Waals surface area contributed by atoms with Gasteiger partial charge >= 0.3 is 0 Å². The van der Waals surface area contributed by atoms with Crippen LogP contribution in [-0.4, -0.2) is 25.0 Å². The van der Waals surface area contributed by atoms with Crippen molar-refractivity contribution in [1.29, 1.82) is 5.26 Å². The van der Waals surface area contributed by atoms with Crippen LogP contribution >= 0.6 is 11.6 Å². The number of hydrogen-bond donors (Lipinski definition) is 0. The molecular formula is C13H15ClN2. The van der Waals surface area contributed by atoms with E-state index in [1.165, 1.54) is 12.0 Å². The van der Waals surface area contributed by atoms with E-state index in [4.69, 9.17) is 16.9 Å². The second kappa shape index (κ2) is 4.86. The molecule has 1 aromatic carbocycles. The normalized spacial score (nSPS) is 20.9. The quantitative estimate of drug-likeness (QED) is 0.787. The van der Waals surface area contributed by atoms with Crippen LogP contribution in [0.2, 0.25) is 5.02 Å². The van der Waals surface area contributed by atoms with Crippen molar-refractivity contribution >= 4 is 11.6 Å². The van der Waals surface area contributed by atoms with Gasteiger partial charge in [0.05, 0.1) is 12.5 Å². The molecule has 2 rings (SSSR count). The Morgan fingerprint density at radius 3 is 2.94 bits per heavy atom. The predicted octanol–water partition coefficient (Wildman–Crippen LogP) is 2.83. The lowest BCUT2D eigenvalue weighted by Crippen LogP contribution is -2.13. The van der Waals surface area contributed by atoms with Gasteiger partial charge in [-0.15, -0.1) is 0 Å². The highest BCUT2D eigenvalue weighted by Crippen LogP contribution is 2.32. The van der Waals surface area contributed by atoms with Crippen molar-refractivity contribution in [1.82, 2.24) is 4.90 Å². The van der Waals surface area contributed by atoms with E-state index >= 15 is 0 Å². The molecule has 0 aliphatic carbocycles. The Hall–Kier alpha value is -1.04. The van der Waals surface area contributed by atoms with E-state index in [-0.39, 0.29) is 0 Å². The first-order chi connectivity index (χ1) is 7.70. The molecule has 3 heteroatoms. The highest BCUT2D eigenvalue weighted by molar-refractivity contribution is 6.31. The maximum atomic E-state index is 8.63.